The Morgan fingerprint density at radius 1 is 1.30 bits per heavy atom. The first-order valence-corrected chi connectivity index (χ1v) is 8.01. The van der Waals surface area contributed by atoms with Crippen LogP contribution in [-0.4, -0.2) is 68.4 Å². The number of benzene rings is 1. The number of nitrogens with one attached hydrogen (secondary N) is 2. The smallest absolute Gasteiger partial charge is 0.253 e. The Balaban J connectivity index is 1.97. The Labute approximate surface area is 137 Å². The fourth-order valence-corrected chi connectivity index (χ4v) is 2.89. The second-order valence-electron chi connectivity index (χ2n) is 6.13. The zero-order valence-electron chi connectivity index (χ0n) is 14.1. The second kappa shape index (κ2) is 8.08. The summed E-state index contributed by atoms with van der Waals surface area (Å²) < 4.78 is 0. The van der Waals surface area contributed by atoms with Gasteiger partial charge in [0.15, 0.2) is 0 Å². The zero-order chi connectivity index (χ0) is 16.8. The Kier molecular flexibility index (Phi) is 6.12. The summed E-state index contributed by atoms with van der Waals surface area (Å²) in [7, 11) is 5.68. The van der Waals surface area contributed by atoms with Gasteiger partial charge in [-0.3, -0.25) is 9.59 Å². The van der Waals surface area contributed by atoms with E-state index in [2.05, 4.69) is 22.6 Å². The van der Waals surface area contributed by atoms with Crippen LogP contribution in [0.25, 0.3) is 0 Å². The molecule has 1 aromatic rings. The average Bonchev–Trinajstić information content (AvgIpc) is 2.54. The number of anilines is 1. The van der Waals surface area contributed by atoms with Gasteiger partial charge in [0.05, 0.1) is 6.54 Å². The summed E-state index contributed by atoms with van der Waals surface area (Å²) in [5.74, 6) is -0.0765. The van der Waals surface area contributed by atoms with E-state index in [1.165, 1.54) is 0 Å². The zero-order valence-corrected chi connectivity index (χ0v) is 14.1. The molecule has 0 saturated carbocycles. The third-order valence-corrected chi connectivity index (χ3v) is 4.22. The van der Waals surface area contributed by atoms with Gasteiger partial charge in [0.1, 0.15) is 0 Å². The molecule has 6 heteroatoms. The first kappa shape index (κ1) is 17.4. The lowest BCUT2D eigenvalue weighted by Crippen LogP contribution is -2.47. The van der Waals surface area contributed by atoms with Gasteiger partial charge in [-0.2, -0.15) is 0 Å². The van der Waals surface area contributed by atoms with Crippen LogP contribution in [0.15, 0.2) is 24.3 Å². The summed E-state index contributed by atoms with van der Waals surface area (Å²) in [6.07, 6.45) is 2.17. The van der Waals surface area contributed by atoms with Crippen molar-refractivity contribution in [2.45, 2.75) is 18.9 Å². The minimum atomic E-state index is -0.103. The number of nitrogens with zero attached hydrogens (tertiary/aromatic N) is 2. The van der Waals surface area contributed by atoms with Crippen LogP contribution in [0, 0.1) is 0 Å². The van der Waals surface area contributed by atoms with E-state index in [1.807, 2.05) is 11.9 Å². The molecule has 0 aromatic heterocycles. The third kappa shape index (κ3) is 4.77. The largest absolute Gasteiger partial charge is 0.337 e. The normalized spacial score (nSPS) is 18.5. The molecule has 6 nitrogen and oxygen atoms in total. The van der Waals surface area contributed by atoms with Gasteiger partial charge in [-0.15, -0.1) is 0 Å². The molecule has 1 heterocycles. The van der Waals surface area contributed by atoms with Crippen LogP contribution in [0.1, 0.15) is 23.2 Å². The standard InChI is InChI=1S/C17H26N4O2/c1-18-11-16(22)19-14-8-6-13(7-9-14)17(23)21(3)15-5-4-10-20(2)12-15/h6-9,15,18H,4-5,10-12H2,1-3H3,(H,19,22)/t15-/m0/s1. The van der Waals surface area contributed by atoms with Gasteiger partial charge in [-0.05, 0) is 57.7 Å². The average molecular weight is 318 g/mol. The second-order valence-corrected chi connectivity index (χ2v) is 6.13. The van der Waals surface area contributed by atoms with Crippen molar-refractivity contribution in [3.8, 4) is 0 Å². The number of hydrogen-bond donors (Lipinski definition) is 2. The van der Waals surface area contributed by atoms with Crippen LogP contribution in [0.2, 0.25) is 0 Å². The maximum atomic E-state index is 12.6. The number of hydrogen-bond acceptors (Lipinski definition) is 4. The Hall–Kier alpha value is -1.92. The van der Waals surface area contributed by atoms with Crippen molar-refractivity contribution in [1.82, 2.24) is 15.1 Å². The van der Waals surface area contributed by atoms with E-state index in [-0.39, 0.29) is 24.4 Å². The fraction of sp³-hybridized carbons (Fsp3) is 0.529. The van der Waals surface area contributed by atoms with Crippen molar-refractivity contribution < 1.29 is 9.59 Å². The Bertz CT molecular complexity index is 544. The summed E-state index contributed by atoms with van der Waals surface area (Å²) in [4.78, 5) is 28.2. The van der Waals surface area contributed by atoms with Crippen LogP contribution in [-0.2, 0) is 4.79 Å². The predicted octanol–water partition coefficient (Wildman–Crippen LogP) is 1.01. The van der Waals surface area contributed by atoms with Gasteiger partial charge in [-0.1, -0.05) is 0 Å². The molecular weight excluding hydrogens is 292 g/mol. The van der Waals surface area contributed by atoms with E-state index in [0.717, 1.165) is 25.9 Å². The topological polar surface area (TPSA) is 64.7 Å². The molecule has 23 heavy (non-hydrogen) atoms. The molecule has 1 aliphatic heterocycles. The molecule has 1 aromatic carbocycles. The highest BCUT2D eigenvalue weighted by atomic mass is 16.2. The lowest BCUT2D eigenvalue weighted by atomic mass is 10.0. The van der Waals surface area contributed by atoms with Gasteiger partial charge in [0, 0.05) is 30.9 Å². The van der Waals surface area contributed by atoms with E-state index in [1.54, 1.807) is 31.3 Å². The van der Waals surface area contributed by atoms with E-state index >= 15 is 0 Å². The number of carbonyl (C=O) groups is 2. The minimum Gasteiger partial charge on any atom is -0.337 e. The molecule has 2 amide bonds. The minimum absolute atomic E-state index is 0.0263. The van der Waals surface area contributed by atoms with Crippen LogP contribution >= 0.6 is 0 Å². The molecule has 1 saturated heterocycles. The molecule has 0 radical (unpaired) electrons. The first-order chi connectivity index (χ1) is 11.0. The third-order valence-electron chi connectivity index (χ3n) is 4.22. The number of amides is 2. The van der Waals surface area contributed by atoms with Gasteiger partial charge in [-0.25, -0.2) is 0 Å². The molecule has 1 atom stereocenters. The Morgan fingerprint density at radius 2 is 2.00 bits per heavy atom. The molecule has 0 aliphatic carbocycles. The van der Waals surface area contributed by atoms with Crippen LogP contribution in [0.5, 0.6) is 0 Å². The summed E-state index contributed by atoms with van der Waals surface area (Å²) in [5.41, 5.74) is 1.34. The molecule has 0 spiro atoms. The van der Waals surface area contributed by atoms with Crippen LogP contribution in [0.3, 0.4) is 0 Å². The SMILES string of the molecule is CNCC(=O)Nc1ccc(C(=O)N(C)[C@H]2CCCN(C)C2)cc1. The maximum absolute atomic E-state index is 12.6. The first-order valence-electron chi connectivity index (χ1n) is 8.01. The number of likely N-dealkylation sites (tertiary alicyclic amines) is 1. The predicted molar refractivity (Wildman–Crippen MR) is 91.6 cm³/mol. The van der Waals surface area contributed by atoms with E-state index in [4.69, 9.17) is 0 Å². The van der Waals surface area contributed by atoms with E-state index < -0.39 is 0 Å². The molecule has 1 fully saturated rings. The van der Waals surface area contributed by atoms with Crippen molar-refractivity contribution in [1.29, 1.82) is 0 Å². The molecule has 1 aliphatic rings. The van der Waals surface area contributed by atoms with E-state index in [0.29, 0.717) is 11.3 Å². The number of rotatable bonds is 5. The van der Waals surface area contributed by atoms with Crippen molar-refractivity contribution in [3.63, 3.8) is 0 Å². The van der Waals surface area contributed by atoms with Crippen molar-refractivity contribution in [2.75, 3.05) is 46.1 Å². The summed E-state index contributed by atoms with van der Waals surface area (Å²) >= 11 is 0. The van der Waals surface area contributed by atoms with Crippen LogP contribution in [0.4, 0.5) is 5.69 Å². The summed E-state index contributed by atoms with van der Waals surface area (Å²) in [5, 5.41) is 5.57. The molecule has 2 N–H and O–H groups in total. The van der Waals surface area contributed by atoms with Gasteiger partial charge in [0.2, 0.25) is 5.91 Å². The highest BCUT2D eigenvalue weighted by Gasteiger charge is 2.25. The quantitative estimate of drug-likeness (QED) is 0.850. The molecule has 126 valence electrons. The Morgan fingerprint density at radius 3 is 2.61 bits per heavy atom. The highest BCUT2D eigenvalue weighted by molar-refractivity contribution is 5.96. The summed E-state index contributed by atoms with van der Waals surface area (Å²) in [6.45, 7) is 2.28. The lowest BCUT2D eigenvalue weighted by Gasteiger charge is -2.35. The van der Waals surface area contributed by atoms with Crippen molar-refractivity contribution in [3.05, 3.63) is 29.8 Å². The van der Waals surface area contributed by atoms with Crippen molar-refractivity contribution in [2.24, 2.45) is 0 Å². The maximum Gasteiger partial charge on any atom is 0.253 e. The highest BCUT2D eigenvalue weighted by Crippen LogP contribution is 2.17. The molecular formula is C17H26N4O2. The van der Waals surface area contributed by atoms with Gasteiger partial charge in [0.25, 0.3) is 5.91 Å². The number of likely N-dealkylation sites (N-methyl/N-ethyl adjacent to an activating group) is 3. The van der Waals surface area contributed by atoms with Gasteiger partial charge < -0.3 is 20.4 Å². The fourth-order valence-electron chi connectivity index (χ4n) is 2.89. The number of carbonyl (C=O) groups excluding carboxylic acids is 2. The van der Waals surface area contributed by atoms with E-state index in [9.17, 15) is 9.59 Å². The molecule has 0 bridgehead atoms. The van der Waals surface area contributed by atoms with Gasteiger partial charge >= 0.3 is 0 Å². The molecule has 0 unspecified atom stereocenters. The van der Waals surface area contributed by atoms with Crippen molar-refractivity contribution >= 4 is 17.5 Å². The van der Waals surface area contributed by atoms with Crippen LogP contribution < -0.4 is 10.6 Å². The monoisotopic (exact) mass is 318 g/mol. The number of piperidine rings is 1. The summed E-state index contributed by atoms with van der Waals surface area (Å²) in [6, 6.07) is 7.32. The molecule has 2 rings (SSSR count). The lowest BCUT2D eigenvalue weighted by molar-refractivity contribution is -0.115.